The molecule has 3 heterocycles. The number of hydrogen-bond acceptors (Lipinski definition) is 7. The fourth-order valence-electron chi connectivity index (χ4n) is 5.23. The van der Waals surface area contributed by atoms with E-state index in [2.05, 4.69) is 10.3 Å². The van der Waals surface area contributed by atoms with Crippen LogP contribution in [0.5, 0.6) is 0 Å². The number of nitriles is 1. The summed E-state index contributed by atoms with van der Waals surface area (Å²) in [4.78, 5) is 59.0. The minimum absolute atomic E-state index is 0.00435. The van der Waals surface area contributed by atoms with Gasteiger partial charge in [0, 0.05) is 37.1 Å². The highest BCUT2D eigenvalue weighted by Gasteiger charge is 2.47. The first-order chi connectivity index (χ1) is 19.7. The van der Waals surface area contributed by atoms with E-state index in [9.17, 15) is 24.4 Å². The maximum Gasteiger partial charge on any atom is 0.332 e. The minimum Gasteiger partial charge on any atom is -0.357 e. The molecule has 13 heteroatoms. The van der Waals surface area contributed by atoms with Gasteiger partial charge in [0.05, 0.1) is 29.1 Å². The average Bonchev–Trinajstić information content (AvgIpc) is 3.90. The van der Waals surface area contributed by atoms with Crippen molar-refractivity contribution in [2.24, 2.45) is 17.6 Å². The molecular weight excluding hydrogens is 550 g/mol. The van der Waals surface area contributed by atoms with Crippen LogP contribution in [0.15, 0.2) is 40.1 Å². The number of anilines is 1. The lowest BCUT2D eigenvalue weighted by Gasteiger charge is -2.41. The number of nitrogens with one attached hydrogen (secondary N) is 1. The van der Waals surface area contributed by atoms with Crippen molar-refractivity contribution in [2.45, 2.75) is 44.4 Å². The molecule has 212 valence electrons. The Kier molecular flexibility index (Phi) is 6.79. The van der Waals surface area contributed by atoms with Gasteiger partial charge in [0.1, 0.15) is 11.7 Å². The van der Waals surface area contributed by atoms with Gasteiger partial charge in [-0.25, -0.2) is 14.6 Å². The first kappa shape index (κ1) is 27.0. The Morgan fingerprint density at radius 3 is 2.49 bits per heavy atom. The van der Waals surface area contributed by atoms with Crippen molar-refractivity contribution in [1.82, 2.24) is 19.0 Å². The number of urea groups is 1. The van der Waals surface area contributed by atoms with Gasteiger partial charge < -0.3 is 20.7 Å². The Morgan fingerprint density at radius 2 is 1.85 bits per heavy atom. The van der Waals surface area contributed by atoms with E-state index in [1.807, 2.05) is 6.07 Å². The van der Waals surface area contributed by atoms with Crippen LogP contribution < -0.4 is 22.3 Å². The van der Waals surface area contributed by atoms with Crippen molar-refractivity contribution in [3.8, 4) is 6.07 Å². The van der Waals surface area contributed by atoms with Crippen molar-refractivity contribution in [2.75, 3.05) is 25.0 Å². The zero-order valence-corrected chi connectivity index (χ0v) is 22.9. The summed E-state index contributed by atoms with van der Waals surface area (Å²) in [5.74, 6) is -0.00746. The molecule has 1 unspecified atom stereocenters. The number of amides is 3. The number of ether oxygens (including phenoxy) is 1. The van der Waals surface area contributed by atoms with E-state index in [-0.39, 0.29) is 58.5 Å². The molecule has 1 aromatic carbocycles. The molecular formula is C28H28ClN7O5. The zero-order valence-electron chi connectivity index (χ0n) is 22.1. The van der Waals surface area contributed by atoms with Crippen LogP contribution in [-0.4, -0.2) is 50.7 Å². The van der Waals surface area contributed by atoms with E-state index < -0.39 is 23.1 Å². The van der Waals surface area contributed by atoms with E-state index in [0.717, 1.165) is 25.7 Å². The van der Waals surface area contributed by atoms with E-state index in [0.29, 0.717) is 24.7 Å². The third-order valence-electron chi connectivity index (χ3n) is 7.95. The number of aromatic nitrogens is 3. The quantitative estimate of drug-likeness (QED) is 0.434. The molecule has 3 N–H and O–H groups in total. The number of hydrogen-bond donors (Lipinski definition) is 2. The van der Waals surface area contributed by atoms with Crippen molar-refractivity contribution < 1.29 is 14.3 Å². The minimum atomic E-state index is -1.78. The summed E-state index contributed by atoms with van der Waals surface area (Å²) in [6.07, 6.45) is 5.35. The number of rotatable bonds is 7. The number of morpholine rings is 1. The van der Waals surface area contributed by atoms with Crippen LogP contribution in [0.25, 0.3) is 11.0 Å². The topological polar surface area (TPSA) is 165 Å². The van der Waals surface area contributed by atoms with Crippen LogP contribution in [0.4, 0.5) is 10.5 Å². The molecule has 3 fully saturated rings. The van der Waals surface area contributed by atoms with E-state index in [4.69, 9.17) is 22.1 Å². The zero-order chi connectivity index (χ0) is 28.9. The van der Waals surface area contributed by atoms with Crippen LogP contribution in [0.2, 0.25) is 5.02 Å². The Hall–Kier alpha value is -4.21. The molecule has 1 aliphatic heterocycles. The summed E-state index contributed by atoms with van der Waals surface area (Å²) in [5.41, 5.74) is 3.99. The number of nitrogens with zero attached hydrogens (tertiary/aromatic N) is 5. The molecule has 2 aromatic heterocycles. The third-order valence-corrected chi connectivity index (χ3v) is 8.26. The summed E-state index contributed by atoms with van der Waals surface area (Å²) >= 11 is 6.17. The SMILES string of the molecule is N#Cc1ccc(NC(=O)C2(c3cnc4c(c3)c(=O)n(CC3CC3)c(=O)n4CC3CC3)CN(C(N)=O)CCO2)cc1Cl. The second kappa shape index (κ2) is 10.3. The largest absolute Gasteiger partial charge is 0.357 e. The summed E-state index contributed by atoms with van der Waals surface area (Å²) in [6.45, 7) is 0.728. The number of benzene rings is 1. The molecule has 3 amide bonds. The summed E-state index contributed by atoms with van der Waals surface area (Å²) < 4.78 is 8.93. The molecule has 1 saturated heterocycles. The number of fused-ring (bicyclic) bond motifs is 1. The maximum absolute atomic E-state index is 14.0. The van der Waals surface area contributed by atoms with Crippen molar-refractivity contribution >= 4 is 40.3 Å². The number of primary amides is 1. The number of halogens is 1. The molecule has 6 rings (SSSR count). The van der Waals surface area contributed by atoms with Crippen LogP contribution in [0, 0.1) is 23.2 Å². The van der Waals surface area contributed by atoms with Crippen molar-refractivity contribution in [3.63, 3.8) is 0 Å². The van der Waals surface area contributed by atoms with E-state index in [1.54, 1.807) is 4.57 Å². The molecule has 3 aromatic rings. The second-order valence-corrected chi connectivity index (χ2v) is 11.4. The first-order valence-corrected chi connectivity index (χ1v) is 13.9. The highest BCUT2D eigenvalue weighted by Crippen LogP contribution is 2.35. The molecule has 3 aliphatic rings. The Balaban J connectivity index is 1.48. The van der Waals surface area contributed by atoms with Gasteiger partial charge in [0.15, 0.2) is 5.60 Å². The smallest absolute Gasteiger partial charge is 0.332 e. The molecule has 12 nitrogen and oxygen atoms in total. The van der Waals surface area contributed by atoms with Crippen molar-refractivity contribution in [3.05, 3.63) is 67.4 Å². The molecule has 0 radical (unpaired) electrons. The highest BCUT2D eigenvalue weighted by molar-refractivity contribution is 6.32. The van der Waals surface area contributed by atoms with E-state index >= 15 is 0 Å². The molecule has 2 saturated carbocycles. The maximum atomic E-state index is 14.0. The fraction of sp³-hybridized carbons (Fsp3) is 0.429. The first-order valence-electron chi connectivity index (χ1n) is 13.5. The second-order valence-electron chi connectivity index (χ2n) is 11.0. The highest BCUT2D eigenvalue weighted by atomic mass is 35.5. The molecule has 0 bridgehead atoms. The van der Waals surface area contributed by atoms with Gasteiger partial charge in [-0.05, 0) is 61.8 Å². The lowest BCUT2D eigenvalue weighted by atomic mass is 9.91. The number of carbonyl (C=O) groups is 2. The Morgan fingerprint density at radius 1 is 1.15 bits per heavy atom. The van der Waals surface area contributed by atoms with Crippen molar-refractivity contribution in [1.29, 1.82) is 5.26 Å². The summed E-state index contributed by atoms with van der Waals surface area (Å²) in [7, 11) is 0. The van der Waals surface area contributed by atoms with E-state index in [1.165, 1.54) is 39.9 Å². The standard InChI is InChI=1S/C28H28ClN7O5/c29-22-10-20(6-5-18(22)11-30)33-25(38)28(15-34(26(31)39)7-8-41-28)19-9-21-23(32-12-19)35(13-16-1-2-16)27(40)36(24(21)37)14-17-3-4-17/h5-6,9-10,12,16-17H,1-4,7-8,13-15H2,(H2,31,39)(H,33,38). The number of carbonyl (C=O) groups excluding carboxylic acids is 2. The normalized spacial score (nSPS) is 20.5. The van der Waals surface area contributed by atoms with Gasteiger partial charge in [-0.2, -0.15) is 5.26 Å². The summed E-state index contributed by atoms with van der Waals surface area (Å²) in [6, 6.07) is 7.20. The van der Waals surface area contributed by atoms with Crippen LogP contribution in [0.1, 0.15) is 36.8 Å². The van der Waals surface area contributed by atoms with Gasteiger partial charge >= 0.3 is 11.7 Å². The molecule has 41 heavy (non-hydrogen) atoms. The predicted octanol–water partition coefficient (Wildman–Crippen LogP) is 2.15. The summed E-state index contributed by atoms with van der Waals surface area (Å²) in [5, 5.41) is 12.3. The lowest BCUT2D eigenvalue weighted by Crippen LogP contribution is -2.58. The van der Waals surface area contributed by atoms with Crippen LogP contribution in [0.3, 0.4) is 0 Å². The predicted molar refractivity (Wildman–Crippen MR) is 149 cm³/mol. The monoisotopic (exact) mass is 577 g/mol. The van der Waals surface area contributed by atoms with Gasteiger partial charge in [0.2, 0.25) is 0 Å². The third kappa shape index (κ3) is 5.07. The Labute approximate surface area is 239 Å². The number of nitrogens with two attached hydrogens (primary N) is 1. The number of pyridine rings is 1. The molecule has 2 aliphatic carbocycles. The average molecular weight is 578 g/mol. The Bertz CT molecular complexity index is 1740. The van der Waals surface area contributed by atoms with Crippen LogP contribution in [-0.2, 0) is 28.2 Å². The van der Waals surface area contributed by atoms with Gasteiger partial charge in [-0.15, -0.1) is 0 Å². The van der Waals surface area contributed by atoms with Gasteiger partial charge in [-0.1, -0.05) is 11.6 Å². The fourth-order valence-corrected chi connectivity index (χ4v) is 5.46. The van der Waals surface area contributed by atoms with Crippen LogP contribution >= 0.6 is 11.6 Å². The molecule has 1 atom stereocenters. The van der Waals surface area contributed by atoms with Gasteiger partial charge in [0.25, 0.3) is 11.5 Å². The van der Waals surface area contributed by atoms with Gasteiger partial charge in [-0.3, -0.25) is 18.7 Å². The molecule has 0 spiro atoms. The lowest BCUT2D eigenvalue weighted by molar-refractivity contribution is -0.153.